The first kappa shape index (κ1) is 26.0. The highest BCUT2D eigenvalue weighted by Crippen LogP contribution is 2.53. The first-order valence-corrected chi connectivity index (χ1v) is 13.4. The van der Waals surface area contributed by atoms with Crippen LogP contribution in [0, 0.1) is 0 Å². The molecule has 6 rings (SSSR count). The molecule has 40 heavy (non-hydrogen) atoms. The zero-order valence-electron chi connectivity index (χ0n) is 22.2. The first-order valence-electron chi connectivity index (χ1n) is 13.4. The fourth-order valence-corrected chi connectivity index (χ4v) is 6.03. The predicted molar refractivity (Wildman–Crippen MR) is 147 cm³/mol. The number of aliphatic hydroxyl groups is 2. The van der Waals surface area contributed by atoms with Gasteiger partial charge in [0.25, 0.3) is 0 Å². The van der Waals surface area contributed by atoms with Crippen molar-refractivity contribution in [2.24, 2.45) is 0 Å². The Kier molecular flexibility index (Phi) is 7.00. The number of aryl methyl sites for hydroxylation is 1. The van der Waals surface area contributed by atoms with Crippen LogP contribution in [0.3, 0.4) is 0 Å². The van der Waals surface area contributed by atoms with E-state index in [4.69, 9.17) is 14.2 Å². The van der Waals surface area contributed by atoms with E-state index < -0.39 is 12.2 Å². The number of imidazole rings is 1. The van der Waals surface area contributed by atoms with Crippen molar-refractivity contribution in [3.8, 4) is 39.9 Å². The molecule has 1 aliphatic carbocycles. The molecule has 208 valence electrons. The lowest BCUT2D eigenvalue weighted by atomic mass is 9.73. The smallest absolute Gasteiger partial charge is 0.160 e. The number of aromatic hydroxyl groups is 2. The second-order valence-corrected chi connectivity index (χ2v) is 10.3. The van der Waals surface area contributed by atoms with Crippen LogP contribution in [0.5, 0.6) is 28.7 Å². The molecular weight excluding hydrogens is 512 g/mol. The van der Waals surface area contributed by atoms with E-state index in [1.165, 1.54) is 13.2 Å². The van der Waals surface area contributed by atoms with Crippen molar-refractivity contribution in [1.82, 2.24) is 9.55 Å². The van der Waals surface area contributed by atoms with Crippen LogP contribution >= 0.6 is 0 Å². The Balaban J connectivity index is 1.48. The summed E-state index contributed by atoms with van der Waals surface area (Å²) < 4.78 is 19.9. The van der Waals surface area contributed by atoms with Crippen molar-refractivity contribution in [3.63, 3.8) is 0 Å². The zero-order valence-corrected chi connectivity index (χ0v) is 22.2. The Bertz CT molecular complexity index is 1520. The number of phenolic OH excluding ortho intramolecular Hbond substituents is 2. The number of hydrogen-bond donors (Lipinski definition) is 4. The molecule has 9 nitrogen and oxygen atoms in total. The normalized spacial score (nSPS) is 19.2. The third kappa shape index (κ3) is 4.71. The molecule has 4 N–H and O–H groups in total. The highest BCUT2D eigenvalue weighted by atomic mass is 16.5. The van der Waals surface area contributed by atoms with Gasteiger partial charge in [-0.15, -0.1) is 0 Å². The van der Waals surface area contributed by atoms with Crippen LogP contribution in [0.15, 0.2) is 61.2 Å². The van der Waals surface area contributed by atoms with Crippen LogP contribution in [-0.2, 0) is 19.4 Å². The molecule has 2 heterocycles. The number of fused-ring (bicyclic) bond motifs is 5. The highest BCUT2D eigenvalue weighted by molar-refractivity contribution is 5.83. The number of nitrogens with zero attached hydrogens (tertiary/aromatic N) is 2. The van der Waals surface area contributed by atoms with Crippen LogP contribution < -0.4 is 14.2 Å². The number of aliphatic hydroxyl groups excluding tert-OH is 2. The summed E-state index contributed by atoms with van der Waals surface area (Å²) in [5.74, 6) is 1.77. The lowest BCUT2D eigenvalue weighted by Crippen LogP contribution is -2.32. The maximum absolute atomic E-state index is 11.4. The topological polar surface area (TPSA) is 126 Å². The van der Waals surface area contributed by atoms with E-state index in [2.05, 4.69) is 4.98 Å². The molecule has 4 aromatic rings. The largest absolute Gasteiger partial charge is 0.508 e. The van der Waals surface area contributed by atoms with Gasteiger partial charge in [-0.05, 0) is 65.3 Å². The number of phenols is 2. The molecule has 0 saturated carbocycles. The summed E-state index contributed by atoms with van der Waals surface area (Å²) in [6, 6.07) is 12.1. The van der Waals surface area contributed by atoms with E-state index in [9.17, 15) is 20.4 Å². The Labute approximate surface area is 231 Å². The molecule has 0 spiro atoms. The van der Waals surface area contributed by atoms with Crippen molar-refractivity contribution in [2.75, 3.05) is 20.3 Å². The maximum Gasteiger partial charge on any atom is 0.160 e. The van der Waals surface area contributed by atoms with Gasteiger partial charge in [0.1, 0.15) is 30.0 Å². The summed E-state index contributed by atoms with van der Waals surface area (Å²) in [5.41, 5.74) is 5.55. The molecule has 0 radical (unpaired) electrons. The van der Waals surface area contributed by atoms with E-state index in [1.54, 1.807) is 36.8 Å². The van der Waals surface area contributed by atoms with Gasteiger partial charge in [-0.2, -0.15) is 0 Å². The Morgan fingerprint density at radius 2 is 1.95 bits per heavy atom. The molecule has 0 amide bonds. The van der Waals surface area contributed by atoms with Crippen LogP contribution in [0.4, 0.5) is 0 Å². The van der Waals surface area contributed by atoms with Gasteiger partial charge in [-0.25, -0.2) is 4.98 Å². The fourth-order valence-electron chi connectivity index (χ4n) is 6.03. The van der Waals surface area contributed by atoms with Crippen molar-refractivity contribution in [2.45, 2.75) is 43.9 Å². The summed E-state index contributed by atoms with van der Waals surface area (Å²) in [6.45, 7) is 0.710. The van der Waals surface area contributed by atoms with Gasteiger partial charge in [-0.3, -0.25) is 0 Å². The summed E-state index contributed by atoms with van der Waals surface area (Å²) in [6.07, 6.45) is 5.83. The molecule has 0 bridgehead atoms. The predicted octanol–water partition coefficient (Wildman–Crippen LogP) is 4.11. The highest BCUT2D eigenvalue weighted by Gasteiger charge is 2.38. The monoisotopic (exact) mass is 544 g/mol. The Morgan fingerprint density at radius 1 is 1.07 bits per heavy atom. The second-order valence-electron chi connectivity index (χ2n) is 10.3. The van der Waals surface area contributed by atoms with Crippen LogP contribution in [0.1, 0.15) is 40.7 Å². The first-order chi connectivity index (χ1) is 19.5. The van der Waals surface area contributed by atoms with E-state index >= 15 is 0 Å². The van der Waals surface area contributed by atoms with Crippen LogP contribution in [-0.4, -0.2) is 56.4 Å². The standard InChI is InChI=1S/C31H32N2O7/c1-38-27-14-19(2-5-24(27)36)31-25(37)15-23-26(40-31)16-28(39-11-10-34)30-22-4-3-21(35)13-20(22)12-18(29(23)30)6-8-33-9-7-32-17-33/h2-5,7,9,13-14,16-18,25,31,34-37H,6,8,10-12,15H2,1H3/t18-,25-,31-/m1/s1. The molecule has 2 aliphatic rings. The van der Waals surface area contributed by atoms with Crippen molar-refractivity contribution < 1.29 is 34.6 Å². The van der Waals surface area contributed by atoms with Crippen molar-refractivity contribution in [3.05, 3.63) is 83.4 Å². The number of methoxy groups -OCH3 is 1. The average Bonchev–Trinajstić information content (AvgIpc) is 3.48. The molecule has 0 saturated heterocycles. The lowest BCUT2D eigenvalue weighted by molar-refractivity contribution is 0.0200. The summed E-state index contributed by atoms with van der Waals surface area (Å²) in [7, 11) is 1.48. The van der Waals surface area contributed by atoms with Gasteiger partial charge in [0.05, 0.1) is 26.1 Å². The summed E-state index contributed by atoms with van der Waals surface area (Å²) >= 11 is 0. The maximum atomic E-state index is 11.4. The number of rotatable bonds is 8. The van der Waals surface area contributed by atoms with Gasteiger partial charge in [0.2, 0.25) is 0 Å². The van der Waals surface area contributed by atoms with Gasteiger partial charge in [0.15, 0.2) is 11.5 Å². The third-order valence-electron chi connectivity index (χ3n) is 7.83. The minimum atomic E-state index is -0.842. The number of benzene rings is 3. The molecule has 9 heteroatoms. The van der Waals surface area contributed by atoms with Gasteiger partial charge < -0.3 is 39.2 Å². The third-order valence-corrected chi connectivity index (χ3v) is 7.83. The number of hydrogen-bond acceptors (Lipinski definition) is 8. The fraction of sp³-hybridized carbons (Fsp3) is 0.323. The van der Waals surface area contributed by atoms with E-state index in [0.717, 1.165) is 40.8 Å². The molecule has 0 unspecified atom stereocenters. The van der Waals surface area contributed by atoms with Crippen molar-refractivity contribution in [1.29, 1.82) is 0 Å². The van der Waals surface area contributed by atoms with E-state index in [0.29, 0.717) is 35.7 Å². The molecule has 3 aromatic carbocycles. The Hall–Kier alpha value is -4.21. The minimum absolute atomic E-state index is 0.0103. The number of ether oxygens (including phenoxy) is 3. The summed E-state index contributed by atoms with van der Waals surface area (Å²) in [4.78, 5) is 4.17. The summed E-state index contributed by atoms with van der Waals surface area (Å²) in [5, 5.41) is 41.3. The molecule has 1 aromatic heterocycles. The van der Waals surface area contributed by atoms with Crippen LogP contribution in [0.25, 0.3) is 11.1 Å². The van der Waals surface area contributed by atoms with E-state index in [1.807, 2.05) is 22.9 Å². The molecule has 0 fully saturated rings. The quantitative estimate of drug-likeness (QED) is 0.261. The minimum Gasteiger partial charge on any atom is -0.508 e. The zero-order chi connectivity index (χ0) is 27.8. The molecule has 3 atom stereocenters. The van der Waals surface area contributed by atoms with Crippen molar-refractivity contribution >= 4 is 0 Å². The van der Waals surface area contributed by atoms with E-state index in [-0.39, 0.29) is 30.6 Å². The molecular formula is C31H32N2O7. The Morgan fingerprint density at radius 3 is 2.73 bits per heavy atom. The van der Waals surface area contributed by atoms with Gasteiger partial charge >= 0.3 is 0 Å². The van der Waals surface area contributed by atoms with Crippen LogP contribution in [0.2, 0.25) is 0 Å². The number of aromatic nitrogens is 2. The molecule has 1 aliphatic heterocycles. The average molecular weight is 545 g/mol. The van der Waals surface area contributed by atoms with Gasteiger partial charge in [0, 0.05) is 42.6 Å². The van der Waals surface area contributed by atoms with Gasteiger partial charge in [-0.1, -0.05) is 12.1 Å². The lowest BCUT2D eigenvalue weighted by Gasteiger charge is -2.37. The SMILES string of the molecule is COc1cc([C@H]2Oc3cc(OCCO)c4c(c3C[C@H]2O)[C@H](CCn2ccnc2)Cc2cc(O)ccc2-4)ccc1O. The second kappa shape index (κ2) is 10.7.